The van der Waals surface area contributed by atoms with Gasteiger partial charge in [-0.05, 0) is 66.9 Å². The van der Waals surface area contributed by atoms with E-state index in [1.165, 1.54) is 5.56 Å². The number of urea groups is 2. The zero-order chi connectivity index (χ0) is 24.8. The average molecular weight is 492 g/mol. The molecule has 0 radical (unpaired) electrons. The van der Waals surface area contributed by atoms with Gasteiger partial charge in [0.2, 0.25) is 0 Å². The van der Waals surface area contributed by atoms with Crippen molar-refractivity contribution in [3.05, 3.63) is 82.9 Å². The molecule has 0 atom stereocenters. The quantitative estimate of drug-likeness (QED) is 0.397. The van der Waals surface area contributed by atoms with Crippen molar-refractivity contribution < 1.29 is 9.59 Å². The van der Waals surface area contributed by atoms with Crippen molar-refractivity contribution in [2.75, 3.05) is 47.0 Å². The van der Waals surface area contributed by atoms with E-state index in [0.29, 0.717) is 29.5 Å². The molecule has 8 heteroatoms. The van der Waals surface area contributed by atoms with Crippen LogP contribution in [0.2, 0.25) is 5.02 Å². The summed E-state index contributed by atoms with van der Waals surface area (Å²) in [5.41, 5.74) is 5.33. The molecule has 0 unspecified atom stereocenters. The van der Waals surface area contributed by atoms with Gasteiger partial charge in [0, 0.05) is 43.2 Å². The summed E-state index contributed by atoms with van der Waals surface area (Å²) in [7, 11) is 0. The van der Waals surface area contributed by atoms with E-state index in [1.807, 2.05) is 67.6 Å². The molecule has 3 N–H and O–H groups in total. The van der Waals surface area contributed by atoms with E-state index in [2.05, 4.69) is 27.8 Å². The third-order valence-electron chi connectivity index (χ3n) is 6.13. The molecule has 1 aliphatic heterocycles. The van der Waals surface area contributed by atoms with Crippen LogP contribution in [0.1, 0.15) is 18.1 Å². The second-order valence-corrected chi connectivity index (χ2v) is 8.92. The number of anilines is 4. The van der Waals surface area contributed by atoms with Gasteiger partial charge >= 0.3 is 12.1 Å². The zero-order valence-corrected chi connectivity index (χ0v) is 20.7. The van der Waals surface area contributed by atoms with Crippen molar-refractivity contribution in [3.63, 3.8) is 0 Å². The van der Waals surface area contributed by atoms with E-state index in [1.54, 1.807) is 11.0 Å². The first-order valence-corrected chi connectivity index (χ1v) is 12.1. The molecule has 0 saturated carbocycles. The fourth-order valence-electron chi connectivity index (χ4n) is 4.02. The number of aryl methyl sites for hydroxylation is 2. The van der Waals surface area contributed by atoms with Crippen molar-refractivity contribution in [2.24, 2.45) is 0 Å². The number of halogens is 1. The van der Waals surface area contributed by atoms with E-state index >= 15 is 0 Å². The van der Waals surface area contributed by atoms with Crippen molar-refractivity contribution in [2.45, 2.75) is 20.3 Å². The molecule has 0 spiro atoms. The van der Waals surface area contributed by atoms with Gasteiger partial charge in [0.05, 0.1) is 10.7 Å². The summed E-state index contributed by atoms with van der Waals surface area (Å²) >= 11 is 6.24. The molecule has 0 aromatic heterocycles. The molecule has 4 rings (SSSR count). The summed E-state index contributed by atoms with van der Waals surface area (Å²) in [6.45, 7) is 6.67. The van der Waals surface area contributed by atoms with E-state index in [9.17, 15) is 9.59 Å². The monoisotopic (exact) mass is 491 g/mol. The molecule has 1 saturated heterocycles. The lowest BCUT2D eigenvalue weighted by atomic mass is 10.1. The van der Waals surface area contributed by atoms with Crippen molar-refractivity contribution >= 4 is 46.4 Å². The van der Waals surface area contributed by atoms with Gasteiger partial charge in [0.1, 0.15) is 0 Å². The fourth-order valence-corrected chi connectivity index (χ4v) is 4.29. The number of nitrogens with zero attached hydrogens (tertiary/aromatic N) is 2. The molecule has 7 nitrogen and oxygen atoms in total. The second kappa shape index (κ2) is 11.1. The predicted octanol–water partition coefficient (Wildman–Crippen LogP) is 6.21. The maximum atomic E-state index is 12.7. The van der Waals surface area contributed by atoms with Gasteiger partial charge in [0.25, 0.3) is 0 Å². The Hall–Kier alpha value is -3.71. The van der Waals surface area contributed by atoms with Crippen LogP contribution in [-0.4, -0.2) is 43.1 Å². The second-order valence-electron chi connectivity index (χ2n) is 8.51. The number of amides is 4. The summed E-state index contributed by atoms with van der Waals surface area (Å²) < 4.78 is 0. The highest BCUT2D eigenvalue weighted by Gasteiger charge is 2.22. The summed E-state index contributed by atoms with van der Waals surface area (Å²) in [5, 5.41) is 9.19. The number of rotatable bonds is 5. The largest absolute Gasteiger partial charge is 0.368 e. The van der Waals surface area contributed by atoms with Crippen LogP contribution >= 0.6 is 11.6 Å². The smallest absolute Gasteiger partial charge is 0.323 e. The van der Waals surface area contributed by atoms with Crippen LogP contribution in [0.3, 0.4) is 0 Å². The third kappa shape index (κ3) is 6.25. The Morgan fingerprint density at radius 1 is 0.829 bits per heavy atom. The number of nitrogens with one attached hydrogen (secondary N) is 3. The Kier molecular flexibility index (Phi) is 7.77. The molecule has 3 aromatic rings. The number of piperazine rings is 1. The molecule has 0 bridgehead atoms. The molecule has 3 aromatic carbocycles. The maximum absolute atomic E-state index is 12.7. The normalized spacial score (nSPS) is 13.3. The first kappa shape index (κ1) is 24.4. The van der Waals surface area contributed by atoms with Crippen molar-refractivity contribution in [1.29, 1.82) is 0 Å². The first-order valence-electron chi connectivity index (χ1n) is 11.8. The molecule has 1 heterocycles. The summed E-state index contributed by atoms with van der Waals surface area (Å²) in [6.07, 6.45) is 0.962. The van der Waals surface area contributed by atoms with E-state index in [-0.39, 0.29) is 12.1 Å². The van der Waals surface area contributed by atoms with Crippen LogP contribution in [-0.2, 0) is 6.42 Å². The number of carbonyl (C=O) groups is 2. The topological polar surface area (TPSA) is 76.7 Å². The third-order valence-corrected chi connectivity index (χ3v) is 6.45. The van der Waals surface area contributed by atoms with E-state index in [0.717, 1.165) is 36.4 Å². The molecule has 1 fully saturated rings. The van der Waals surface area contributed by atoms with Gasteiger partial charge in [-0.3, -0.25) is 0 Å². The van der Waals surface area contributed by atoms with Gasteiger partial charge in [-0.2, -0.15) is 0 Å². The Morgan fingerprint density at radius 2 is 1.43 bits per heavy atom. The lowest BCUT2D eigenvalue weighted by Gasteiger charge is -2.36. The Bertz CT molecular complexity index is 1150. The number of hydrogen-bond donors (Lipinski definition) is 3. The minimum Gasteiger partial charge on any atom is -0.368 e. The Labute approximate surface area is 211 Å². The predicted molar refractivity (Wildman–Crippen MR) is 144 cm³/mol. The number of para-hydroxylation sites is 1. The van der Waals surface area contributed by atoms with Crippen LogP contribution in [0, 0.1) is 6.92 Å². The van der Waals surface area contributed by atoms with Crippen molar-refractivity contribution in [1.82, 2.24) is 4.90 Å². The highest BCUT2D eigenvalue weighted by Crippen LogP contribution is 2.26. The highest BCUT2D eigenvalue weighted by molar-refractivity contribution is 6.33. The number of hydrogen-bond acceptors (Lipinski definition) is 3. The van der Waals surface area contributed by atoms with Gasteiger partial charge in [-0.1, -0.05) is 42.8 Å². The highest BCUT2D eigenvalue weighted by atomic mass is 35.5. The van der Waals surface area contributed by atoms with Crippen LogP contribution in [0.15, 0.2) is 66.7 Å². The van der Waals surface area contributed by atoms with Gasteiger partial charge in [-0.15, -0.1) is 0 Å². The van der Waals surface area contributed by atoms with Crippen LogP contribution in [0.4, 0.5) is 32.3 Å². The minimum atomic E-state index is -0.282. The summed E-state index contributed by atoms with van der Waals surface area (Å²) in [5.74, 6) is 0. The SMILES string of the molecule is CCc1ccc(NC(=O)Nc2ccc(N3CCN(C(=O)Nc4c(C)cccc4Cl)CC3)cc2)cc1. The molecule has 0 aliphatic carbocycles. The minimum absolute atomic E-state index is 0.143. The van der Waals surface area contributed by atoms with E-state index in [4.69, 9.17) is 11.6 Å². The Morgan fingerprint density at radius 3 is 2.00 bits per heavy atom. The van der Waals surface area contributed by atoms with Gasteiger partial charge in [0.15, 0.2) is 0 Å². The maximum Gasteiger partial charge on any atom is 0.323 e. The lowest BCUT2D eigenvalue weighted by Crippen LogP contribution is -2.50. The molecular formula is C27H30ClN5O2. The molecule has 35 heavy (non-hydrogen) atoms. The first-order chi connectivity index (χ1) is 16.9. The average Bonchev–Trinajstić information content (AvgIpc) is 2.87. The molecular weight excluding hydrogens is 462 g/mol. The van der Waals surface area contributed by atoms with Crippen molar-refractivity contribution in [3.8, 4) is 0 Å². The summed E-state index contributed by atoms with van der Waals surface area (Å²) in [4.78, 5) is 29.1. The summed E-state index contributed by atoms with van der Waals surface area (Å²) in [6, 6.07) is 20.7. The Balaban J connectivity index is 1.27. The van der Waals surface area contributed by atoms with Gasteiger partial charge in [-0.25, -0.2) is 9.59 Å². The lowest BCUT2D eigenvalue weighted by molar-refractivity contribution is 0.208. The number of carbonyl (C=O) groups excluding carboxylic acids is 2. The molecule has 4 amide bonds. The molecule has 1 aliphatic rings. The van der Waals surface area contributed by atoms with Crippen LogP contribution < -0.4 is 20.9 Å². The van der Waals surface area contributed by atoms with E-state index < -0.39 is 0 Å². The van der Waals surface area contributed by atoms with Crippen LogP contribution in [0.25, 0.3) is 0 Å². The number of benzene rings is 3. The van der Waals surface area contributed by atoms with Crippen LogP contribution in [0.5, 0.6) is 0 Å². The standard InChI is InChI=1S/C27H30ClN5O2/c1-3-20-7-9-21(10-8-20)29-26(34)30-22-11-13-23(14-12-22)32-15-17-33(18-16-32)27(35)31-25-19(2)5-4-6-24(25)28/h4-14H,3,15-18H2,1-2H3,(H,31,35)(H2,29,30,34). The zero-order valence-electron chi connectivity index (χ0n) is 20.0. The fraction of sp³-hybridized carbons (Fsp3) is 0.259. The molecule has 182 valence electrons. The van der Waals surface area contributed by atoms with Gasteiger partial charge < -0.3 is 25.8 Å².